The molecule has 4 rings (SSSR count). The molecule has 0 bridgehead atoms. The molecule has 28 heavy (non-hydrogen) atoms. The molecule has 0 aromatic carbocycles. The molecule has 0 spiro atoms. The smallest absolute Gasteiger partial charge is 0.266 e. The summed E-state index contributed by atoms with van der Waals surface area (Å²) in [5, 5.41) is 2.80. The summed E-state index contributed by atoms with van der Waals surface area (Å²) >= 11 is 0. The van der Waals surface area contributed by atoms with Crippen molar-refractivity contribution >= 4 is 29.1 Å². The van der Waals surface area contributed by atoms with E-state index >= 15 is 0 Å². The number of piperidine rings is 1. The molecule has 2 amide bonds. The molecule has 0 saturated carbocycles. The van der Waals surface area contributed by atoms with E-state index in [-0.39, 0.29) is 25.0 Å². The molecular formula is C20H23N5O3. The van der Waals surface area contributed by atoms with Gasteiger partial charge in [0.15, 0.2) is 18.2 Å². The van der Waals surface area contributed by atoms with Crippen LogP contribution in [0, 0.1) is 5.92 Å². The number of hydrogen-bond donors (Lipinski definition) is 1. The number of nitrogens with one attached hydrogen (secondary N) is 1. The number of aromatic nitrogens is 2. The SMILES string of the molecule is CC1CCN(c2ccc(NC(=O)CN3C(=O)COc4cccnc43)cn2)CC1. The van der Waals surface area contributed by atoms with Gasteiger partial charge < -0.3 is 15.0 Å². The summed E-state index contributed by atoms with van der Waals surface area (Å²) < 4.78 is 5.34. The molecule has 2 aliphatic heterocycles. The van der Waals surface area contributed by atoms with E-state index in [9.17, 15) is 9.59 Å². The van der Waals surface area contributed by atoms with Gasteiger partial charge in [-0.1, -0.05) is 6.92 Å². The third-order valence-corrected chi connectivity index (χ3v) is 5.10. The number of nitrogens with zero attached hydrogens (tertiary/aromatic N) is 4. The average molecular weight is 381 g/mol. The molecule has 8 heteroatoms. The van der Waals surface area contributed by atoms with E-state index in [4.69, 9.17) is 4.74 Å². The largest absolute Gasteiger partial charge is 0.480 e. The average Bonchev–Trinajstić information content (AvgIpc) is 2.71. The molecule has 0 atom stereocenters. The Hall–Kier alpha value is -3.16. The minimum Gasteiger partial charge on any atom is -0.480 e. The van der Waals surface area contributed by atoms with Gasteiger partial charge in [-0.3, -0.25) is 14.5 Å². The molecule has 0 aliphatic carbocycles. The van der Waals surface area contributed by atoms with Gasteiger partial charge in [0.05, 0.1) is 11.9 Å². The van der Waals surface area contributed by atoms with Crippen LogP contribution in [0.1, 0.15) is 19.8 Å². The highest BCUT2D eigenvalue weighted by molar-refractivity contribution is 6.04. The van der Waals surface area contributed by atoms with Crippen molar-refractivity contribution in [1.29, 1.82) is 0 Å². The second kappa shape index (κ2) is 7.84. The first-order valence-corrected chi connectivity index (χ1v) is 9.49. The monoisotopic (exact) mass is 381 g/mol. The highest BCUT2D eigenvalue weighted by Gasteiger charge is 2.28. The Morgan fingerprint density at radius 3 is 2.82 bits per heavy atom. The molecule has 0 unspecified atom stereocenters. The summed E-state index contributed by atoms with van der Waals surface area (Å²) in [4.78, 5) is 36.8. The molecule has 2 aromatic rings. The van der Waals surface area contributed by atoms with Gasteiger partial charge >= 0.3 is 0 Å². The molecule has 8 nitrogen and oxygen atoms in total. The van der Waals surface area contributed by atoms with Gasteiger partial charge in [0.2, 0.25) is 5.91 Å². The summed E-state index contributed by atoms with van der Waals surface area (Å²) in [6, 6.07) is 7.21. The zero-order valence-electron chi connectivity index (χ0n) is 15.8. The van der Waals surface area contributed by atoms with Crippen LogP contribution in [0.2, 0.25) is 0 Å². The first-order valence-electron chi connectivity index (χ1n) is 9.49. The highest BCUT2D eigenvalue weighted by atomic mass is 16.5. The van der Waals surface area contributed by atoms with Gasteiger partial charge in [-0.25, -0.2) is 9.97 Å². The molecule has 0 radical (unpaired) electrons. The zero-order valence-corrected chi connectivity index (χ0v) is 15.8. The summed E-state index contributed by atoms with van der Waals surface area (Å²) in [5.74, 6) is 1.93. The van der Waals surface area contributed by atoms with Crippen LogP contribution >= 0.6 is 0 Å². The van der Waals surface area contributed by atoms with Crippen molar-refractivity contribution in [3.05, 3.63) is 36.7 Å². The third kappa shape index (κ3) is 3.90. The van der Waals surface area contributed by atoms with Crippen LogP contribution in [0.5, 0.6) is 5.75 Å². The fraction of sp³-hybridized carbons (Fsp3) is 0.400. The predicted octanol–water partition coefficient (Wildman–Crippen LogP) is 2.08. The number of pyridine rings is 2. The van der Waals surface area contributed by atoms with Crippen molar-refractivity contribution in [2.75, 3.05) is 41.4 Å². The first kappa shape index (κ1) is 18.2. The van der Waals surface area contributed by atoms with Crippen molar-refractivity contribution in [3.63, 3.8) is 0 Å². The van der Waals surface area contributed by atoms with E-state index in [1.54, 1.807) is 24.5 Å². The van der Waals surface area contributed by atoms with E-state index in [0.29, 0.717) is 17.3 Å². The molecule has 1 fully saturated rings. The van der Waals surface area contributed by atoms with Crippen LogP contribution in [0.15, 0.2) is 36.7 Å². The number of anilines is 3. The van der Waals surface area contributed by atoms with Crippen molar-refractivity contribution in [1.82, 2.24) is 9.97 Å². The predicted molar refractivity (Wildman–Crippen MR) is 106 cm³/mol. The molecule has 1 saturated heterocycles. The lowest BCUT2D eigenvalue weighted by molar-refractivity contribution is -0.123. The minimum atomic E-state index is -0.312. The molecule has 4 heterocycles. The lowest BCUT2D eigenvalue weighted by Crippen LogP contribution is -2.43. The van der Waals surface area contributed by atoms with Gasteiger partial charge in [0, 0.05) is 19.3 Å². The topological polar surface area (TPSA) is 87.7 Å². The summed E-state index contributed by atoms with van der Waals surface area (Å²) in [5.41, 5.74) is 0.598. The number of carbonyl (C=O) groups is 2. The Balaban J connectivity index is 1.38. The molecular weight excluding hydrogens is 358 g/mol. The fourth-order valence-corrected chi connectivity index (χ4v) is 3.43. The summed E-state index contributed by atoms with van der Waals surface area (Å²) in [7, 11) is 0. The maximum absolute atomic E-state index is 12.4. The maximum Gasteiger partial charge on any atom is 0.266 e. The number of hydrogen-bond acceptors (Lipinski definition) is 6. The van der Waals surface area contributed by atoms with Crippen molar-refractivity contribution < 1.29 is 14.3 Å². The highest BCUT2D eigenvalue weighted by Crippen LogP contribution is 2.28. The molecule has 2 aliphatic rings. The standard InChI is InChI=1S/C20H23N5O3/c1-14-6-9-24(10-7-14)17-5-4-15(11-22-17)23-18(26)12-25-19(27)13-28-16-3-2-8-21-20(16)25/h2-5,8,11,14H,6-7,9-10,12-13H2,1H3,(H,23,26). The Bertz CT molecular complexity index is 862. The maximum atomic E-state index is 12.4. The van der Waals surface area contributed by atoms with Gasteiger partial charge in [-0.2, -0.15) is 0 Å². The Morgan fingerprint density at radius 2 is 2.07 bits per heavy atom. The van der Waals surface area contributed by atoms with Gasteiger partial charge in [-0.05, 0) is 43.0 Å². The van der Waals surface area contributed by atoms with Crippen LogP contribution < -0.4 is 19.9 Å². The second-order valence-corrected chi connectivity index (χ2v) is 7.22. The number of rotatable bonds is 4. The van der Waals surface area contributed by atoms with E-state index in [2.05, 4.69) is 27.1 Å². The van der Waals surface area contributed by atoms with E-state index < -0.39 is 0 Å². The van der Waals surface area contributed by atoms with E-state index in [1.165, 1.54) is 17.7 Å². The van der Waals surface area contributed by atoms with Crippen molar-refractivity contribution in [2.45, 2.75) is 19.8 Å². The van der Waals surface area contributed by atoms with E-state index in [0.717, 1.165) is 24.8 Å². The van der Waals surface area contributed by atoms with Crippen molar-refractivity contribution in [2.24, 2.45) is 5.92 Å². The third-order valence-electron chi connectivity index (χ3n) is 5.10. The van der Waals surface area contributed by atoms with E-state index in [1.807, 2.05) is 12.1 Å². The second-order valence-electron chi connectivity index (χ2n) is 7.22. The number of carbonyl (C=O) groups excluding carboxylic acids is 2. The van der Waals surface area contributed by atoms with Crippen LogP contribution in [-0.2, 0) is 9.59 Å². The molecule has 1 N–H and O–H groups in total. The first-order chi connectivity index (χ1) is 13.6. The normalized spacial score (nSPS) is 17.1. The van der Waals surface area contributed by atoms with Crippen LogP contribution in [0.4, 0.5) is 17.3 Å². The van der Waals surface area contributed by atoms with Gasteiger partial charge in [-0.15, -0.1) is 0 Å². The van der Waals surface area contributed by atoms with Gasteiger partial charge in [0.25, 0.3) is 5.91 Å². The zero-order chi connectivity index (χ0) is 19.5. The Labute approximate surface area is 163 Å². The van der Waals surface area contributed by atoms with Gasteiger partial charge in [0.1, 0.15) is 12.4 Å². The van der Waals surface area contributed by atoms with Crippen LogP contribution in [0.3, 0.4) is 0 Å². The molecule has 146 valence electrons. The fourth-order valence-electron chi connectivity index (χ4n) is 3.43. The summed E-state index contributed by atoms with van der Waals surface area (Å²) in [6.45, 7) is 4.06. The quantitative estimate of drug-likeness (QED) is 0.872. The number of amides is 2. The van der Waals surface area contributed by atoms with Crippen molar-refractivity contribution in [3.8, 4) is 5.75 Å². The Morgan fingerprint density at radius 1 is 1.25 bits per heavy atom. The Kier molecular flexibility index (Phi) is 5.10. The molecule has 2 aromatic heterocycles. The number of ether oxygens (including phenoxy) is 1. The summed E-state index contributed by atoms with van der Waals surface area (Å²) in [6.07, 6.45) is 5.56. The minimum absolute atomic E-state index is 0.101. The lowest BCUT2D eigenvalue weighted by atomic mass is 9.99. The van der Waals surface area contributed by atoms with Crippen LogP contribution in [-0.4, -0.2) is 48.0 Å². The van der Waals surface area contributed by atoms with Crippen LogP contribution in [0.25, 0.3) is 0 Å². The lowest BCUT2D eigenvalue weighted by Gasteiger charge is -2.31. The number of fused-ring (bicyclic) bond motifs is 1.